The Bertz CT molecular complexity index is 632. The van der Waals surface area contributed by atoms with Gasteiger partial charge >= 0.3 is 5.97 Å². The lowest BCUT2D eigenvalue weighted by Gasteiger charge is -2.19. The van der Waals surface area contributed by atoms with Crippen molar-refractivity contribution in [1.82, 2.24) is 0 Å². The van der Waals surface area contributed by atoms with E-state index in [0.717, 1.165) is 20.9 Å². The SMILES string of the molecule is CC(C)(C)OC(=O)CNc1ccc2cc(Br)ccc2c1. The topological polar surface area (TPSA) is 38.3 Å². The first-order chi connectivity index (χ1) is 9.33. The first kappa shape index (κ1) is 14.9. The minimum Gasteiger partial charge on any atom is -0.459 e. The fourth-order valence-electron chi connectivity index (χ4n) is 1.88. The van der Waals surface area contributed by atoms with E-state index in [0.29, 0.717) is 0 Å². The van der Waals surface area contributed by atoms with Gasteiger partial charge in [-0.15, -0.1) is 0 Å². The highest BCUT2D eigenvalue weighted by Gasteiger charge is 2.15. The van der Waals surface area contributed by atoms with Crippen molar-refractivity contribution in [2.45, 2.75) is 26.4 Å². The molecular formula is C16H18BrNO2. The van der Waals surface area contributed by atoms with Crippen molar-refractivity contribution in [1.29, 1.82) is 0 Å². The standard InChI is InChI=1S/C16H18BrNO2/c1-16(2,3)20-15(19)10-18-14-7-5-11-8-13(17)6-4-12(11)9-14/h4-9,18H,10H2,1-3H3. The molecule has 2 aromatic rings. The molecule has 0 atom stereocenters. The number of hydrogen-bond donors (Lipinski definition) is 1. The Labute approximate surface area is 127 Å². The highest BCUT2D eigenvalue weighted by atomic mass is 79.9. The zero-order chi connectivity index (χ0) is 14.8. The summed E-state index contributed by atoms with van der Waals surface area (Å²) in [7, 11) is 0. The first-order valence-electron chi connectivity index (χ1n) is 6.48. The number of nitrogens with one attached hydrogen (secondary N) is 1. The number of hydrogen-bond acceptors (Lipinski definition) is 3. The smallest absolute Gasteiger partial charge is 0.325 e. The van der Waals surface area contributed by atoms with Gasteiger partial charge in [0.15, 0.2) is 0 Å². The molecule has 106 valence electrons. The largest absolute Gasteiger partial charge is 0.459 e. The van der Waals surface area contributed by atoms with Crippen LogP contribution in [0.15, 0.2) is 40.9 Å². The van der Waals surface area contributed by atoms with Crippen molar-refractivity contribution < 1.29 is 9.53 Å². The van der Waals surface area contributed by atoms with E-state index in [2.05, 4.69) is 27.3 Å². The summed E-state index contributed by atoms with van der Waals surface area (Å²) in [5.41, 5.74) is 0.458. The van der Waals surface area contributed by atoms with E-state index in [1.54, 1.807) is 0 Å². The van der Waals surface area contributed by atoms with Gasteiger partial charge < -0.3 is 10.1 Å². The molecule has 0 aromatic heterocycles. The molecule has 0 amide bonds. The van der Waals surface area contributed by atoms with Crippen LogP contribution in [-0.2, 0) is 9.53 Å². The summed E-state index contributed by atoms with van der Waals surface area (Å²) in [6, 6.07) is 12.1. The molecule has 0 bridgehead atoms. The second-order valence-electron chi connectivity index (χ2n) is 5.65. The highest BCUT2D eigenvalue weighted by molar-refractivity contribution is 9.10. The molecule has 2 rings (SSSR count). The van der Waals surface area contributed by atoms with Gasteiger partial charge in [0, 0.05) is 10.2 Å². The molecule has 0 fully saturated rings. The monoisotopic (exact) mass is 335 g/mol. The molecule has 0 aliphatic rings. The minimum absolute atomic E-state index is 0.166. The maximum Gasteiger partial charge on any atom is 0.325 e. The number of carbonyl (C=O) groups excluding carboxylic acids is 1. The van der Waals surface area contributed by atoms with Gasteiger partial charge in [0.05, 0.1) is 0 Å². The van der Waals surface area contributed by atoms with Crippen molar-refractivity contribution in [2.24, 2.45) is 0 Å². The fourth-order valence-corrected chi connectivity index (χ4v) is 2.26. The van der Waals surface area contributed by atoms with Crippen LogP contribution in [0, 0.1) is 0 Å². The third-order valence-electron chi connectivity index (χ3n) is 2.66. The number of esters is 1. The van der Waals surface area contributed by atoms with Gasteiger partial charge in [-0.3, -0.25) is 4.79 Å². The van der Waals surface area contributed by atoms with Crippen molar-refractivity contribution in [3.8, 4) is 0 Å². The molecule has 1 N–H and O–H groups in total. The van der Waals surface area contributed by atoms with Gasteiger partial charge in [-0.05, 0) is 55.8 Å². The minimum atomic E-state index is -0.450. The Hall–Kier alpha value is -1.55. The van der Waals surface area contributed by atoms with Gasteiger partial charge in [0.2, 0.25) is 0 Å². The fraction of sp³-hybridized carbons (Fsp3) is 0.312. The van der Waals surface area contributed by atoms with Gasteiger partial charge in [-0.25, -0.2) is 0 Å². The summed E-state index contributed by atoms with van der Waals surface area (Å²) >= 11 is 3.45. The molecule has 0 saturated carbocycles. The Morgan fingerprint density at radius 1 is 1.15 bits per heavy atom. The van der Waals surface area contributed by atoms with E-state index < -0.39 is 5.60 Å². The van der Waals surface area contributed by atoms with Gasteiger partial charge in [0.1, 0.15) is 12.1 Å². The summed E-state index contributed by atoms with van der Waals surface area (Å²) < 4.78 is 6.31. The lowest BCUT2D eigenvalue weighted by molar-refractivity contribution is -0.152. The molecule has 0 saturated heterocycles. The molecule has 0 aliphatic heterocycles. The molecule has 0 aliphatic carbocycles. The second kappa shape index (κ2) is 5.83. The summed E-state index contributed by atoms with van der Waals surface area (Å²) in [5.74, 6) is -0.256. The zero-order valence-electron chi connectivity index (χ0n) is 11.9. The average molecular weight is 336 g/mol. The van der Waals surface area contributed by atoms with Crippen molar-refractivity contribution in [2.75, 3.05) is 11.9 Å². The van der Waals surface area contributed by atoms with Crippen molar-refractivity contribution in [3.63, 3.8) is 0 Å². The number of carbonyl (C=O) groups is 1. The number of benzene rings is 2. The van der Waals surface area contributed by atoms with Gasteiger partial charge in [0.25, 0.3) is 0 Å². The Morgan fingerprint density at radius 3 is 2.50 bits per heavy atom. The average Bonchev–Trinajstić information content (AvgIpc) is 2.34. The number of rotatable bonds is 3. The molecule has 0 unspecified atom stereocenters. The van der Waals surface area contributed by atoms with E-state index >= 15 is 0 Å². The Morgan fingerprint density at radius 2 is 1.80 bits per heavy atom. The summed E-state index contributed by atoms with van der Waals surface area (Å²) in [6.45, 7) is 5.75. The second-order valence-corrected chi connectivity index (χ2v) is 6.56. The van der Waals surface area contributed by atoms with Crippen LogP contribution in [0.25, 0.3) is 10.8 Å². The molecule has 3 nitrogen and oxygen atoms in total. The molecule has 20 heavy (non-hydrogen) atoms. The molecule has 2 aromatic carbocycles. The van der Waals surface area contributed by atoms with Crippen LogP contribution in [0.3, 0.4) is 0 Å². The zero-order valence-corrected chi connectivity index (χ0v) is 13.5. The molecule has 0 radical (unpaired) electrons. The van der Waals surface area contributed by atoms with E-state index in [-0.39, 0.29) is 12.5 Å². The lowest BCUT2D eigenvalue weighted by atomic mass is 10.1. The predicted molar refractivity (Wildman–Crippen MR) is 86.0 cm³/mol. The molecule has 0 spiro atoms. The highest BCUT2D eigenvalue weighted by Crippen LogP contribution is 2.22. The summed E-state index contributed by atoms with van der Waals surface area (Å²) in [5, 5.41) is 5.37. The van der Waals surface area contributed by atoms with E-state index in [9.17, 15) is 4.79 Å². The lowest BCUT2D eigenvalue weighted by Crippen LogP contribution is -2.28. The maximum atomic E-state index is 11.6. The molecule has 4 heteroatoms. The number of fused-ring (bicyclic) bond motifs is 1. The molecule has 0 heterocycles. The Kier molecular flexibility index (Phi) is 4.33. The van der Waals surface area contributed by atoms with Crippen LogP contribution in [0.5, 0.6) is 0 Å². The summed E-state index contributed by atoms with van der Waals surface area (Å²) in [6.07, 6.45) is 0. The van der Waals surface area contributed by atoms with Crippen LogP contribution in [-0.4, -0.2) is 18.1 Å². The van der Waals surface area contributed by atoms with Crippen molar-refractivity contribution in [3.05, 3.63) is 40.9 Å². The van der Waals surface area contributed by atoms with Crippen molar-refractivity contribution >= 4 is 38.4 Å². The first-order valence-corrected chi connectivity index (χ1v) is 7.28. The van der Waals surface area contributed by atoms with E-state index in [1.165, 1.54) is 0 Å². The number of anilines is 1. The predicted octanol–water partition coefficient (Wildman–Crippen LogP) is 4.36. The van der Waals surface area contributed by atoms with Crippen LogP contribution < -0.4 is 5.32 Å². The van der Waals surface area contributed by atoms with Crippen LogP contribution in [0.1, 0.15) is 20.8 Å². The maximum absolute atomic E-state index is 11.6. The van der Waals surface area contributed by atoms with E-state index in [4.69, 9.17) is 4.74 Å². The number of halogens is 1. The third kappa shape index (κ3) is 4.23. The number of ether oxygens (including phenoxy) is 1. The van der Waals surface area contributed by atoms with E-state index in [1.807, 2.05) is 51.1 Å². The Balaban J connectivity index is 2.03. The third-order valence-corrected chi connectivity index (χ3v) is 3.15. The van der Waals surface area contributed by atoms with Crippen LogP contribution in [0.2, 0.25) is 0 Å². The summed E-state index contributed by atoms with van der Waals surface area (Å²) in [4.78, 5) is 11.6. The van der Waals surface area contributed by atoms with Crippen LogP contribution >= 0.6 is 15.9 Å². The molecular weight excluding hydrogens is 318 g/mol. The van der Waals surface area contributed by atoms with Gasteiger partial charge in [-0.1, -0.05) is 28.1 Å². The normalized spacial score (nSPS) is 11.4. The van der Waals surface area contributed by atoms with Gasteiger partial charge in [-0.2, -0.15) is 0 Å². The van der Waals surface area contributed by atoms with Crippen LogP contribution in [0.4, 0.5) is 5.69 Å². The quantitative estimate of drug-likeness (QED) is 0.847.